The minimum absolute atomic E-state index is 0.476. The molecule has 0 amide bonds. The number of hydrogen-bond donors (Lipinski definition) is 1. The van der Waals surface area contributed by atoms with Crippen molar-refractivity contribution in [2.45, 2.75) is 19.4 Å². The van der Waals surface area contributed by atoms with Crippen LogP contribution in [0.5, 0.6) is 5.75 Å². The third-order valence-corrected chi connectivity index (χ3v) is 2.51. The molecule has 0 spiro atoms. The maximum Gasteiger partial charge on any atom is 0.122 e. The Morgan fingerprint density at radius 3 is 2.53 bits per heavy atom. The van der Waals surface area contributed by atoms with Gasteiger partial charge in [0.05, 0.1) is 19.3 Å². The van der Waals surface area contributed by atoms with Crippen LogP contribution in [0.3, 0.4) is 0 Å². The Morgan fingerprint density at radius 1 is 1.33 bits per heavy atom. The molecule has 15 heavy (non-hydrogen) atoms. The lowest BCUT2D eigenvalue weighted by molar-refractivity contribution is 0.141. The van der Waals surface area contributed by atoms with E-state index in [0.29, 0.717) is 6.61 Å². The van der Waals surface area contributed by atoms with Crippen LogP contribution in [0.4, 0.5) is 0 Å². The Morgan fingerprint density at radius 2 is 2.00 bits per heavy atom. The van der Waals surface area contributed by atoms with E-state index in [1.165, 1.54) is 0 Å². The van der Waals surface area contributed by atoms with E-state index in [1.54, 1.807) is 14.2 Å². The maximum absolute atomic E-state index is 6.14. The standard InChI is InChI=1S/C12H19NO2/c1-9-5-6-10(7-11(9)15-4)12(2,13)8-14-3/h5-7H,8,13H2,1-4H3. The number of hydrogen-bond acceptors (Lipinski definition) is 3. The van der Waals surface area contributed by atoms with Crippen molar-refractivity contribution in [3.8, 4) is 5.75 Å². The topological polar surface area (TPSA) is 44.5 Å². The summed E-state index contributed by atoms with van der Waals surface area (Å²) in [6, 6.07) is 5.99. The molecule has 0 heterocycles. The fourth-order valence-corrected chi connectivity index (χ4v) is 1.56. The summed E-state index contributed by atoms with van der Waals surface area (Å²) < 4.78 is 10.4. The van der Waals surface area contributed by atoms with Crippen molar-refractivity contribution in [1.82, 2.24) is 0 Å². The quantitative estimate of drug-likeness (QED) is 0.822. The average Bonchev–Trinajstić information content (AvgIpc) is 2.18. The second-order valence-electron chi connectivity index (χ2n) is 4.03. The molecule has 1 aromatic rings. The molecular formula is C12H19NO2. The molecule has 1 aromatic carbocycles. The predicted molar refractivity (Wildman–Crippen MR) is 61.1 cm³/mol. The summed E-state index contributed by atoms with van der Waals surface area (Å²) in [5, 5.41) is 0. The van der Waals surface area contributed by atoms with Crippen molar-refractivity contribution in [3.63, 3.8) is 0 Å². The monoisotopic (exact) mass is 209 g/mol. The summed E-state index contributed by atoms with van der Waals surface area (Å²) >= 11 is 0. The lowest BCUT2D eigenvalue weighted by Crippen LogP contribution is -2.37. The van der Waals surface area contributed by atoms with E-state index in [0.717, 1.165) is 16.9 Å². The van der Waals surface area contributed by atoms with Crippen molar-refractivity contribution < 1.29 is 9.47 Å². The molecular weight excluding hydrogens is 190 g/mol. The Balaban J connectivity index is 3.04. The highest BCUT2D eigenvalue weighted by Crippen LogP contribution is 2.25. The number of aryl methyl sites for hydroxylation is 1. The SMILES string of the molecule is COCC(C)(N)c1ccc(C)c(OC)c1. The fraction of sp³-hybridized carbons (Fsp3) is 0.500. The molecule has 0 radical (unpaired) electrons. The highest BCUT2D eigenvalue weighted by molar-refractivity contribution is 5.39. The third-order valence-electron chi connectivity index (χ3n) is 2.51. The van der Waals surface area contributed by atoms with Gasteiger partial charge in [-0.1, -0.05) is 12.1 Å². The molecule has 1 rings (SSSR count). The summed E-state index contributed by atoms with van der Waals surface area (Å²) in [7, 11) is 3.31. The van der Waals surface area contributed by atoms with E-state index in [9.17, 15) is 0 Å². The molecule has 84 valence electrons. The van der Waals surface area contributed by atoms with Gasteiger partial charge < -0.3 is 15.2 Å². The maximum atomic E-state index is 6.14. The van der Waals surface area contributed by atoms with E-state index in [2.05, 4.69) is 0 Å². The van der Waals surface area contributed by atoms with Crippen LogP contribution in [-0.4, -0.2) is 20.8 Å². The molecule has 0 bridgehead atoms. The van der Waals surface area contributed by atoms with Crippen molar-refractivity contribution in [2.75, 3.05) is 20.8 Å². The zero-order chi connectivity index (χ0) is 11.5. The van der Waals surface area contributed by atoms with Crippen LogP contribution in [0.2, 0.25) is 0 Å². The molecule has 1 unspecified atom stereocenters. The Labute approximate surface area is 91.2 Å². The first-order valence-corrected chi connectivity index (χ1v) is 4.94. The van der Waals surface area contributed by atoms with Gasteiger partial charge in [0.1, 0.15) is 5.75 Å². The second kappa shape index (κ2) is 4.64. The molecule has 2 N–H and O–H groups in total. The molecule has 3 nitrogen and oxygen atoms in total. The highest BCUT2D eigenvalue weighted by Gasteiger charge is 2.21. The van der Waals surface area contributed by atoms with Gasteiger partial charge in [0.25, 0.3) is 0 Å². The van der Waals surface area contributed by atoms with Gasteiger partial charge in [-0.2, -0.15) is 0 Å². The number of methoxy groups -OCH3 is 2. The Kier molecular flexibility index (Phi) is 3.72. The first kappa shape index (κ1) is 12.0. The first-order valence-electron chi connectivity index (χ1n) is 4.94. The first-order chi connectivity index (χ1) is 7.01. The smallest absolute Gasteiger partial charge is 0.122 e. The summed E-state index contributed by atoms with van der Waals surface area (Å²) in [6.45, 7) is 4.44. The van der Waals surface area contributed by atoms with E-state index in [1.807, 2.05) is 32.0 Å². The van der Waals surface area contributed by atoms with Crippen LogP contribution in [-0.2, 0) is 10.3 Å². The number of benzene rings is 1. The van der Waals surface area contributed by atoms with Crippen LogP contribution in [0.25, 0.3) is 0 Å². The minimum Gasteiger partial charge on any atom is -0.496 e. The zero-order valence-corrected chi connectivity index (χ0v) is 9.83. The zero-order valence-electron chi connectivity index (χ0n) is 9.83. The van der Waals surface area contributed by atoms with Crippen molar-refractivity contribution in [3.05, 3.63) is 29.3 Å². The van der Waals surface area contributed by atoms with Crippen molar-refractivity contribution in [2.24, 2.45) is 5.73 Å². The summed E-state index contributed by atoms with van der Waals surface area (Å²) in [6.07, 6.45) is 0. The normalized spacial score (nSPS) is 14.7. The van der Waals surface area contributed by atoms with Crippen LogP contribution in [0.15, 0.2) is 18.2 Å². The third kappa shape index (κ3) is 2.70. The lowest BCUT2D eigenvalue weighted by atomic mass is 9.93. The Hall–Kier alpha value is -1.06. The van der Waals surface area contributed by atoms with Gasteiger partial charge in [-0.25, -0.2) is 0 Å². The fourth-order valence-electron chi connectivity index (χ4n) is 1.56. The summed E-state index contributed by atoms with van der Waals surface area (Å²) in [5.41, 5.74) is 7.79. The average molecular weight is 209 g/mol. The Bertz CT molecular complexity index is 334. The van der Waals surface area contributed by atoms with Crippen molar-refractivity contribution >= 4 is 0 Å². The number of ether oxygens (including phenoxy) is 2. The highest BCUT2D eigenvalue weighted by atomic mass is 16.5. The molecule has 3 heteroatoms. The van der Waals surface area contributed by atoms with Crippen LogP contribution in [0.1, 0.15) is 18.1 Å². The van der Waals surface area contributed by atoms with Crippen molar-refractivity contribution in [1.29, 1.82) is 0 Å². The number of rotatable bonds is 4. The molecule has 0 aliphatic rings. The van der Waals surface area contributed by atoms with E-state index >= 15 is 0 Å². The molecule has 0 saturated heterocycles. The summed E-state index contributed by atoms with van der Waals surface area (Å²) in [4.78, 5) is 0. The van der Waals surface area contributed by atoms with Gasteiger partial charge in [-0.05, 0) is 31.0 Å². The van der Waals surface area contributed by atoms with Gasteiger partial charge in [-0.3, -0.25) is 0 Å². The van der Waals surface area contributed by atoms with Crippen LogP contribution < -0.4 is 10.5 Å². The van der Waals surface area contributed by atoms with Gasteiger partial charge >= 0.3 is 0 Å². The van der Waals surface area contributed by atoms with E-state index in [-0.39, 0.29) is 0 Å². The molecule has 0 fully saturated rings. The summed E-state index contributed by atoms with van der Waals surface area (Å²) in [5.74, 6) is 0.861. The second-order valence-corrected chi connectivity index (χ2v) is 4.03. The molecule has 0 aromatic heterocycles. The van der Waals surface area contributed by atoms with E-state index in [4.69, 9.17) is 15.2 Å². The molecule has 0 aliphatic heterocycles. The van der Waals surface area contributed by atoms with Crippen LogP contribution >= 0.6 is 0 Å². The van der Waals surface area contributed by atoms with E-state index < -0.39 is 5.54 Å². The molecule has 0 aliphatic carbocycles. The minimum atomic E-state index is -0.476. The van der Waals surface area contributed by atoms with Gasteiger partial charge in [-0.15, -0.1) is 0 Å². The van der Waals surface area contributed by atoms with Gasteiger partial charge in [0, 0.05) is 7.11 Å². The van der Waals surface area contributed by atoms with Gasteiger partial charge in [0.2, 0.25) is 0 Å². The lowest BCUT2D eigenvalue weighted by Gasteiger charge is -2.25. The predicted octanol–water partition coefficient (Wildman–Crippen LogP) is 1.82. The number of nitrogens with two attached hydrogens (primary N) is 1. The van der Waals surface area contributed by atoms with Gasteiger partial charge in [0.15, 0.2) is 0 Å². The largest absolute Gasteiger partial charge is 0.496 e. The molecule has 1 atom stereocenters. The molecule has 0 saturated carbocycles. The van der Waals surface area contributed by atoms with Crippen LogP contribution in [0, 0.1) is 6.92 Å².